The molecule has 14 heavy (non-hydrogen) atoms. The number of hydrogen-bond acceptors (Lipinski definition) is 2. The van der Waals surface area contributed by atoms with Crippen LogP contribution in [0.1, 0.15) is 13.8 Å². The molecule has 0 aliphatic rings. The summed E-state index contributed by atoms with van der Waals surface area (Å²) in [5.41, 5.74) is 0. The highest BCUT2D eigenvalue weighted by Crippen LogP contribution is 2.29. The van der Waals surface area contributed by atoms with Gasteiger partial charge in [-0.15, -0.1) is 0 Å². The minimum atomic E-state index is -0.481. The van der Waals surface area contributed by atoms with E-state index in [-0.39, 0.29) is 6.10 Å². The smallest absolute Gasteiger partial charge is 0.134 e. The molecule has 0 bridgehead atoms. The third-order valence-corrected chi connectivity index (χ3v) is 3.00. The van der Waals surface area contributed by atoms with Gasteiger partial charge in [0.25, 0.3) is 0 Å². The number of hydrogen-bond donors (Lipinski definition) is 1. The Morgan fingerprint density at radius 3 is 2.43 bits per heavy atom. The summed E-state index contributed by atoms with van der Waals surface area (Å²) in [6.45, 7) is 3.54. The molecular weight excluding hydrogens is 312 g/mol. The fraction of sp³-hybridized carbons (Fsp3) is 0.400. The van der Waals surface area contributed by atoms with Gasteiger partial charge in [0, 0.05) is 4.47 Å². The van der Waals surface area contributed by atoms with Crippen LogP contribution >= 0.6 is 31.9 Å². The first kappa shape index (κ1) is 12.0. The van der Waals surface area contributed by atoms with Gasteiger partial charge in [-0.3, -0.25) is 0 Å². The molecular formula is C10H12Br2O2. The van der Waals surface area contributed by atoms with Gasteiger partial charge in [-0.2, -0.15) is 0 Å². The summed E-state index contributed by atoms with van der Waals surface area (Å²) in [5.74, 6) is 0.738. The zero-order chi connectivity index (χ0) is 10.7. The van der Waals surface area contributed by atoms with Crippen LogP contribution in [0.15, 0.2) is 27.1 Å². The Morgan fingerprint density at radius 1 is 1.29 bits per heavy atom. The Labute approximate surface area is 101 Å². The summed E-state index contributed by atoms with van der Waals surface area (Å²) >= 11 is 6.74. The molecule has 2 unspecified atom stereocenters. The lowest BCUT2D eigenvalue weighted by molar-refractivity contribution is 0.0599. The van der Waals surface area contributed by atoms with Crippen LogP contribution in [-0.2, 0) is 0 Å². The first-order valence-electron chi connectivity index (χ1n) is 4.30. The number of aliphatic hydroxyl groups excluding tert-OH is 1. The van der Waals surface area contributed by atoms with E-state index in [0.717, 1.165) is 14.7 Å². The highest BCUT2D eigenvalue weighted by Gasteiger charge is 2.11. The van der Waals surface area contributed by atoms with Crippen molar-refractivity contribution in [1.29, 1.82) is 0 Å². The van der Waals surface area contributed by atoms with Crippen LogP contribution in [0.3, 0.4) is 0 Å². The molecule has 1 aromatic rings. The Bertz CT molecular complexity index is 313. The molecule has 0 aromatic heterocycles. The van der Waals surface area contributed by atoms with E-state index < -0.39 is 6.10 Å². The van der Waals surface area contributed by atoms with Gasteiger partial charge in [-0.25, -0.2) is 0 Å². The SMILES string of the molecule is CC(O)C(C)Oc1ccc(Br)cc1Br. The van der Waals surface area contributed by atoms with E-state index in [9.17, 15) is 5.11 Å². The van der Waals surface area contributed by atoms with Crippen molar-refractivity contribution in [3.63, 3.8) is 0 Å². The van der Waals surface area contributed by atoms with Gasteiger partial charge >= 0.3 is 0 Å². The predicted octanol–water partition coefficient (Wildman–Crippen LogP) is 3.36. The van der Waals surface area contributed by atoms with Crippen molar-refractivity contribution in [2.24, 2.45) is 0 Å². The van der Waals surface area contributed by atoms with E-state index in [0.29, 0.717) is 0 Å². The van der Waals surface area contributed by atoms with Crippen LogP contribution in [0.4, 0.5) is 0 Å². The van der Waals surface area contributed by atoms with Gasteiger partial charge in [-0.05, 0) is 48.0 Å². The highest BCUT2D eigenvalue weighted by atomic mass is 79.9. The first-order chi connectivity index (χ1) is 6.50. The van der Waals surface area contributed by atoms with Gasteiger partial charge in [-0.1, -0.05) is 15.9 Å². The molecule has 0 spiro atoms. The van der Waals surface area contributed by atoms with Crippen molar-refractivity contribution < 1.29 is 9.84 Å². The quantitative estimate of drug-likeness (QED) is 0.924. The molecule has 2 atom stereocenters. The van der Waals surface area contributed by atoms with Crippen LogP contribution in [-0.4, -0.2) is 17.3 Å². The zero-order valence-corrected chi connectivity index (χ0v) is 11.2. The Kier molecular flexibility index (Phi) is 4.41. The Hall–Kier alpha value is -0.0600. The summed E-state index contributed by atoms with van der Waals surface area (Å²) in [4.78, 5) is 0. The van der Waals surface area contributed by atoms with Gasteiger partial charge < -0.3 is 9.84 Å². The fourth-order valence-corrected chi connectivity index (χ4v) is 2.01. The number of halogens is 2. The number of aliphatic hydroxyl groups is 1. The van der Waals surface area contributed by atoms with Crippen molar-refractivity contribution >= 4 is 31.9 Å². The van der Waals surface area contributed by atoms with Crippen LogP contribution in [0.25, 0.3) is 0 Å². The summed E-state index contributed by atoms with van der Waals surface area (Å²) < 4.78 is 7.41. The van der Waals surface area contributed by atoms with E-state index in [4.69, 9.17) is 4.74 Å². The molecule has 0 radical (unpaired) electrons. The number of ether oxygens (including phenoxy) is 1. The molecule has 78 valence electrons. The molecule has 0 saturated carbocycles. The monoisotopic (exact) mass is 322 g/mol. The normalized spacial score (nSPS) is 14.9. The van der Waals surface area contributed by atoms with Crippen molar-refractivity contribution in [1.82, 2.24) is 0 Å². The molecule has 4 heteroatoms. The molecule has 0 heterocycles. The largest absolute Gasteiger partial charge is 0.487 e. The molecule has 0 aliphatic carbocycles. The van der Waals surface area contributed by atoms with Gasteiger partial charge in [0.1, 0.15) is 11.9 Å². The fourth-order valence-electron chi connectivity index (χ4n) is 0.870. The summed E-state index contributed by atoms with van der Waals surface area (Å²) in [5, 5.41) is 9.28. The third kappa shape index (κ3) is 3.26. The average Bonchev–Trinajstić information content (AvgIpc) is 2.09. The standard InChI is InChI=1S/C10H12Br2O2/c1-6(13)7(2)14-10-4-3-8(11)5-9(10)12/h3-7,13H,1-2H3. The minimum Gasteiger partial charge on any atom is -0.487 e. The lowest BCUT2D eigenvalue weighted by Crippen LogP contribution is -2.25. The van der Waals surface area contributed by atoms with E-state index in [2.05, 4.69) is 31.9 Å². The van der Waals surface area contributed by atoms with E-state index >= 15 is 0 Å². The second kappa shape index (κ2) is 5.14. The van der Waals surface area contributed by atoms with Crippen LogP contribution < -0.4 is 4.74 Å². The minimum absolute atomic E-state index is 0.215. The van der Waals surface area contributed by atoms with Crippen LogP contribution in [0.2, 0.25) is 0 Å². The maximum Gasteiger partial charge on any atom is 0.134 e. The maximum absolute atomic E-state index is 9.28. The van der Waals surface area contributed by atoms with Gasteiger partial charge in [0.15, 0.2) is 0 Å². The second-order valence-electron chi connectivity index (χ2n) is 3.14. The predicted molar refractivity (Wildman–Crippen MR) is 63.6 cm³/mol. The average molecular weight is 324 g/mol. The van der Waals surface area contributed by atoms with Crippen molar-refractivity contribution in [3.05, 3.63) is 27.1 Å². The Morgan fingerprint density at radius 2 is 1.93 bits per heavy atom. The van der Waals surface area contributed by atoms with E-state index in [1.165, 1.54) is 0 Å². The molecule has 0 aliphatic heterocycles. The second-order valence-corrected chi connectivity index (χ2v) is 4.91. The molecule has 0 saturated heterocycles. The first-order valence-corrected chi connectivity index (χ1v) is 5.89. The third-order valence-electron chi connectivity index (χ3n) is 1.89. The van der Waals surface area contributed by atoms with Crippen molar-refractivity contribution in [3.8, 4) is 5.75 Å². The lowest BCUT2D eigenvalue weighted by atomic mass is 10.2. The maximum atomic E-state index is 9.28. The molecule has 1 rings (SSSR count). The van der Waals surface area contributed by atoms with Crippen molar-refractivity contribution in [2.75, 3.05) is 0 Å². The summed E-state index contributed by atoms with van der Waals surface area (Å²) in [6, 6.07) is 5.66. The lowest BCUT2D eigenvalue weighted by Gasteiger charge is -2.18. The molecule has 0 amide bonds. The van der Waals surface area contributed by atoms with Gasteiger partial charge in [0.2, 0.25) is 0 Å². The van der Waals surface area contributed by atoms with Crippen molar-refractivity contribution in [2.45, 2.75) is 26.1 Å². The summed E-state index contributed by atoms with van der Waals surface area (Å²) in [6.07, 6.45) is -0.696. The van der Waals surface area contributed by atoms with E-state index in [1.54, 1.807) is 6.92 Å². The molecule has 1 N–H and O–H groups in total. The highest BCUT2D eigenvalue weighted by molar-refractivity contribution is 9.11. The van der Waals surface area contributed by atoms with Crippen LogP contribution in [0, 0.1) is 0 Å². The zero-order valence-electron chi connectivity index (χ0n) is 8.00. The number of benzene rings is 1. The molecule has 1 aromatic carbocycles. The topological polar surface area (TPSA) is 29.5 Å². The van der Waals surface area contributed by atoms with E-state index in [1.807, 2.05) is 25.1 Å². The van der Waals surface area contributed by atoms with Crippen LogP contribution in [0.5, 0.6) is 5.75 Å². The molecule has 2 nitrogen and oxygen atoms in total. The Balaban J connectivity index is 2.77. The summed E-state index contributed by atoms with van der Waals surface area (Å²) in [7, 11) is 0. The number of rotatable bonds is 3. The molecule has 0 fully saturated rings. The van der Waals surface area contributed by atoms with Gasteiger partial charge in [0.05, 0.1) is 10.6 Å².